The molecule has 8 heteroatoms. The van der Waals surface area contributed by atoms with Crippen molar-refractivity contribution in [1.29, 1.82) is 5.26 Å². The third-order valence-electron chi connectivity index (χ3n) is 4.38. The van der Waals surface area contributed by atoms with Gasteiger partial charge in [0.1, 0.15) is 17.4 Å². The molecule has 0 fully saturated rings. The smallest absolute Gasteiger partial charge is 0.271 e. The van der Waals surface area contributed by atoms with E-state index in [2.05, 4.69) is 0 Å². The molecule has 1 atom stereocenters. The highest BCUT2D eigenvalue weighted by Crippen LogP contribution is 2.26. The van der Waals surface area contributed by atoms with Gasteiger partial charge in [0.25, 0.3) is 5.56 Å². The van der Waals surface area contributed by atoms with Gasteiger partial charge in [0.2, 0.25) is 11.7 Å². The summed E-state index contributed by atoms with van der Waals surface area (Å²) in [6, 6.07) is 6.79. The third kappa shape index (κ3) is 4.19. The van der Waals surface area contributed by atoms with Gasteiger partial charge in [-0.2, -0.15) is 5.26 Å². The van der Waals surface area contributed by atoms with Crippen molar-refractivity contribution in [3.8, 4) is 17.7 Å². The van der Waals surface area contributed by atoms with Crippen molar-refractivity contribution in [3.63, 3.8) is 0 Å². The zero-order valence-corrected chi connectivity index (χ0v) is 16.8. The number of benzene rings is 1. The Labute approximate surface area is 167 Å². The van der Waals surface area contributed by atoms with E-state index in [9.17, 15) is 20.0 Å². The number of hydrogen-bond acceptors (Lipinski definition) is 6. The first-order chi connectivity index (χ1) is 13.2. The van der Waals surface area contributed by atoms with E-state index in [4.69, 9.17) is 21.1 Å². The molecule has 0 spiro atoms. The van der Waals surface area contributed by atoms with Crippen LogP contribution in [0.4, 0.5) is 0 Å². The molecule has 0 aliphatic heterocycles. The lowest BCUT2D eigenvalue weighted by Crippen LogP contribution is -2.31. The normalized spacial score (nSPS) is 11.7. The fraction of sp³-hybridized carbons (Fsp3) is 0.350. The zero-order valence-electron chi connectivity index (χ0n) is 16.1. The van der Waals surface area contributed by atoms with Gasteiger partial charge in [0, 0.05) is 12.1 Å². The highest BCUT2D eigenvalue weighted by Gasteiger charge is 2.28. The lowest BCUT2D eigenvalue weighted by Gasteiger charge is -2.19. The number of pyridine rings is 1. The minimum Gasteiger partial charge on any atom is -0.494 e. The molecule has 1 unspecified atom stereocenters. The fourth-order valence-corrected chi connectivity index (χ4v) is 2.90. The molecule has 2 aromatic rings. The van der Waals surface area contributed by atoms with Crippen LogP contribution in [0, 0.1) is 25.2 Å². The Balaban J connectivity index is 2.47. The highest BCUT2D eigenvalue weighted by molar-refractivity contribution is 6.31. The van der Waals surface area contributed by atoms with E-state index in [1.807, 2.05) is 13.0 Å². The maximum absolute atomic E-state index is 13.0. The number of ether oxygens (including phenoxy) is 2. The third-order valence-corrected chi connectivity index (χ3v) is 4.80. The summed E-state index contributed by atoms with van der Waals surface area (Å²) in [4.78, 5) is 25.4. The monoisotopic (exact) mass is 404 g/mol. The predicted molar refractivity (Wildman–Crippen MR) is 104 cm³/mol. The van der Waals surface area contributed by atoms with E-state index < -0.39 is 23.3 Å². The summed E-state index contributed by atoms with van der Waals surface area (Å²) >= 11 is 6.00. The first-order valence-electron chi connectivity index (χ1n) is 8.55. The second-order valence-electron chi connectivity index (χ2n) is 6.30. The molecule has 0 radical (unpaired) electrons. The Morgan fingerprint density at radius 3 is 2.64 bits per heavy atom. The molecular formula is C20H21ClN2O5. The van der Waals surface area contributed by atoms with Crippen molar-refractivity contribution in [1.82, 2.24) is 4.57 Å². The largest absolute Gasteiger partial charge is 0.494 e. The number of halogens is 1. The van der Waals surface area contributed by atoms with Crippen molar-refractivity contribution in [2.24, 2.45) is 0 Å². The van der Waals surface area contributed by atoms with Crippen LogP contribution in [-0.4, -0.2) is 35.3 Å². The number of carbonyl (C=O) groups excluding carboxylic acids is 1. The van der Waals surface area contributed by atoms with Crippen LogP contribution in [0.2, 0.25) is 5.02 Å². The van der Waals surface area contributed by atoms with Crippen LogP contribution >= 0.6 is 11.6 Å². The number of methoxy groups -OCH3 is 1. The van der Waals surface area contributed by atoms with Gasteiger partial charge < -0.3 is 14.6 Å². The van der Waals surface area contributed by atoms with E-state index in [1.165, 1.54) is 21.0 Å². The lowest BCUT2D eigenvalue weighted by atomic mass is 9.99. The SMILES string of the molecule is COCCn1c(O)c(C(=O)C(C)Oc2ccc(Cl)c(C)c2)c(C)c(C#N)c1=O. The number of Topliss-reactive ketones (excluding diaryl/α,β-unsaturated/α-hetero) is 1. The van der Waals surface area contributed by atoms with Gasteiger partial charge in [-0.25, -0.2) is 0 Å². The Morgan fingerprint density at radius 2 is 2.07 bits per heavy atom. The minimum atomic E-state index is -0.968. The van der Waals surface area contributed by atoms with Gasteiger partial charge in [-0.1, -0.05) is 11.6 Å². The number of carbonyl (C=O) groups is 1. The first kappa shape index (κ1) is 21.5. The van der Waals surface area contributed by atoms with Crippen LogP contribution in [0.3, 0.4) is 0 Å². The molecule has 148 valence electrons. The molecule has 0 aliphatic carbocycles. The average molecular weight is 405 g/mol. The number of aryl methyl sites for hydroxylation is 1. The van der Waals surface area contributed by atoms with Gasteiger partial charge in [-0.05, 0) is 50.1 Å². The average Bonchev–Trinajstić information content (AvgIpc) is 2.65. The number of rotatable bonds is 7. The lowest BCUT2D eigenvalue weighted by molar-refractivity contribution is 0.0812. The molecule has 0 amide bonds. The van der Waals surface area contributed by atoms with Gasteiger partial charge in [0.15, 0.2) is 6.10 Å². The van der Waals surface area contributed by atoms with E-state index in [1.54, 1.807) is 18.2 Å². The highest BCUT2D eigenvalue weighted by atomic mass is 35.5. The molecule has 2 rings (SSSR count). The second kappa shape index (κ2) is 8.91. The Bertz CT molecular complexity index is 1010. The van der Waals surface area contributed by atoms with Crippen LogP contribution in [0.15, 0.2) is 23.0 Å². The van der Waals surface area contributed by atoms with E-state index in [-0.39, 0.29) is 29.8 Å². The van der Waals surface area contributed by atoms with Crippen molar-refractivity contribution >= 4 is 17.4 Å². The molecule has 7 nitrogen and oxygen atoms in total. The number of ketones is 1. The fourth-order valence-electron chi connectivity index (χ4n) is 2.79. The van der Waals surface area contributed by atoms with Crippen LogP contribution < -0.4 is 10.3 Å². The molecule has 1 aromatic carbocycles. The number of nitrogens with zero attached hydrogens (tertiary/aromatic N) is 2. The predicted octanol–water partition coefficient (Wildman–Crippen LogP) is 2.99. The van der Waals surface area contributed by atoms with E-state index in [0.29, 0.717) is 10.8 Å². The summed E-state index contributed by atoms with van der Waals surface area (Å²) in [5.74, 6) is -0.621. The standard InChI is InChI=1S/C20H21ClN2O5/c1-11-9-14(5-6-16(11)21)28-13(3)18(24)17-12(2)15(10-22)19(25)23(20(17)26)7-8-27-4/h5-6,9,13,26H,7-8H2,1-4H3. The van der Waals surface area contributed by atoms with Crippen molar-refractivity contribution in [2.75, 3.05) is 13.7 Å². The zero-order chi connectivity index (χ0) is 21.0. The number of hydrogen-bond donors (Lipinski definition) is 1. The quantitative estimate of drug-likeness (QED) is 0.712. The number of aromatic hydroxyl groups is 1. The van der Waals surface area contributed by atoms with Crippen LogP contribution in [-0.2, 0) is 11.3 Å². The first-order valence-corrected chi connectivity index (χ1v) is 8.93. The van der Waals surface area contributed by atoms with Gasteiger partial charge in [-0.3, -0.25) is 14.2 Å². The van der Waals surface area contributed by atoms with Gasteiger partial charge in [-0.15, -0.1) is 0 Å². The molecular weight excluding hydrogens is 384 g/mol. The Kier molecular flexibility index (Phi) is 6.84. The maximum atomic E-state index is 13.0. The molecule has 1 aromatic heterocycles. The van der Waals surface area contributed by atoms with Crippen LogP contribution in [0.5, 0.6) is 11.6 Å². The molecule has 1 heterocycles. The van der Waals surface area contributed by atoms with Crippen molar-refractivity contribution in [3.05, 3.63) is 55.8 Å². The molecule has 0 aliphatic rings. The summed E-state index contributed by atoms with van der Waals surface area (Å²) in [6.45, 7) is 4.92. The molecule has 28 heavy (non-hydrogen) atoms. The topological polar surface area (TPSA) is 102 Å². The van der Waals surface area contributed by atoms with Gasteiger partial charge >= 0.3 is 0 Å². The Hall–Kier alpha value is -2.82. The van der Waals surface area contributed by atoms with Crippen LogP contribution in [0.25, 0.3) is 0 Å². The summed E-state index contributed by atoms with van der Waals surface area (Å²) in [7, 11) is 1.44. The molecule has 0 saturated carbocycles. The Morgan fingerprint density at radius 1 is 1.39 bits per heavy atom. The summed E-state index contributed by atoms with van der Waals surface area (Å²) in [5, 5.41) is 20.5. The maximum Gasteiger partial charge on any atom is 0.271 e. The van der Waals surface area contributed by atoms with Crippen LogP contribution in [0.1, 0.15) is 34.0 Å². The van der Waals surface area contributed by atoms with E-state index in [0.717, 1.165) is 10.1 Å². The molecule has 0 bridgehead atoms. The summed E-state index contributed by atoms with van der Waals surface area (Å²) in [5.41, 5.74) is -0.0886. The number of nitriles is 1. The molecule has 0 saturated heterocycles. The molecule has 1 N–H and O–H groups in total. The van der Waals surface area contributed by atoms with Crippen molar-refractivity contribution < 1.29 is 19.4 Å². The van der Waals surface area contributed by atoms with Gasteiger partial charge in [0.05, 0.1) is 18.7 Å². The van der Waals surface area contributed by atoms with Crippen molar-refractivity contribution in [2.45, 2.75) is 33.4 Å². The summed E-state index contributed by atoms with van der Waals surface area (Å²) in [6.07, 6.45) is -0.968. The summed E-state index contributed by atoms with van der Waals surface area (Å²) < 4.78 is 11.6. The second-order valence-corrected chi connectivity index (χ2v) is 6.70. The number of aromatic nitrogens is 1. The van der Waals surface area contributed by atoms with E-state index >= 15 is 0 Å². The minimum absolute atomic E-state index is 0.00201.